The second-order valence-electron chi connectivity index (χ2n) is 4.83. The summed E-state index contributed by atoms with van der Waals surface area (Å²) in [7, 11) is 0. The van der Waals surface area contributed by atoms with Crippen molar-refractivity contribution >= 4 is 27.5 Å². The molecule has 0 amide bonds. The largest absolute Gasteiger partial charge is 0.457 e. The highest BCUT2D eigenvalue weighted by Gasteiger charge is 2.08. The number of hydrogen-bond donors (Lipinski definition) is 1. The highest BCUT2D eigenvalue weighted by Crippen LogP contribution is 2.29. The Bertz CT molecular complexity index is 615. The second-order valence-corrected chi connectivity index (χ2v) is 6.16. The Morgan fingerprint density at radius 3 is 2.62 bits per heavy atom. The lowest BCUT2D eigenvalue weighted by molar-refractivity contribution is 0.476. The fourth-order valence-electron chi connectivity index (χ4n) is 1.91. The molecule has 0 bridgehead atoms. The van der Waals surface area contributed by atoms with Crippen molar-refractivity contribution in [1.29, 1.82) is 0 Å². The lowest BCUT2D eigenvalue weighted by Gasteiger charge is -2.12. The van der Waals surface area contributed by atoms with E-state index in [-0.39, 0.29) is 11.9 Å². The molecule has 0 aliphatic rings. The molecule has 0 aliphatic carbocycles. The zero-order chi connectivity index (χ0) is 15.4. The molecule has 0 saturated heterocycles. The maximum atomic E-state index is 13.3. The minimum atomic E-state index is -0.365. The van der Waals surface area contributed by atoms with Crippen molar-refractivity contribution in [3.63, 3.8) is 0 Å². The van der Waals surface area contributed by atoms with Gasteiger partial charge in [0, 0.05) is 21.6 Å². The zero-order valence-electron chi connectivity index (χ0n) is 11.6. The molecule has 2 aromatic rings. The average Bonchev–Trinajstić information content (AvgIpc) is 2.40. The van der Waals surface area contributed by atoms with Gasteiger partial charge >= 0.3 is 0 Å². The number of hydrogen-bond acceptors (Lipinski definition) is 2. The molecule has 2 aromatic carbocycles. The van der Waals surface area contributed by atoms with Crippen LogP contribution in [0, 0.1) is 5.82 Å². The van der Waals surface area contributed by atoms with Gasteiger partial charge in [0.05, 0.1) is 0 Å². The molecule has 2 N–H and O–H groups in total. The van der Waals surface area contributed by atoms with Crippen LogP contribution in [0.25, 0.3) is 0 Å². The van der Waals surface area contributed by atoms with Crippen LogP contribution in [0.3, 0.4) is 0 Å². The predicted molar refractivity (Wildman–Crippen MR) is 87.6 cm³/mol. The average molecular weight is 373 g/mol. The number of rotatable bonds is 5. The molecule has 0 radical (unpaired) electrons. The lowest BCUT2D eigenvalue weighted by atomic mass is 10.0. The zero-order valence-corrected chi connectivity index (χ0v) is 13.9. The fourth-order valence-corrected chi connectivity index (χ4v) is 2.60. The molecule has 0 aromatic heterocycles. The van der Waals surface area contributed by atoms with E-state index in [2.05, 4.69) is 15.9 Å². The minimum Gasteiger partial charge on any atom is -0.457 e. The fraction of sp³-hybridized carbons (Fsp3) is 0.250. The predicted octanol–water partition coefficient (Wildman–Crippen LogP) is 5.31. The summed E-state index contributed by atoms with van der Waals surface area (Å²) < 4.78 is 19.5. The monoisotopic (exact) mass is 371 g/mol. The topological polar surface area (TPSA) is 35.2 Å². The van der Waals surface area contributed by atoms with Gasteiger partial charge in [-0.1, -0.05) is 40.5 Å². The number of benzene rings is 2. The summed E-state index contributed by atoms with van der Waals surface area (Å²) in [5, 5.41) is 0.604. The van der Waals surface area contributed by atoms with E-state index in [1.54, 1.807) is 12.1 Å². The number of ether oxygens (including phenoxy) is 1. The molecule has 0 fully saturated rings. The van der Waals surface area contributed by atoms with Crippen molar-refractivity contribution in [3.8, 4) is 11.5 Å². The molecule has 0 spiro atoms. The van der Waals surface area contributed by atoms with Crippen molar-refractivity contribution in [2.24, 2.45) is 5.73 Å². The summed E-state index contributed by atoms with van der Waals surface area (Å²) in [6.07, 6.45) is 1.62. The van der Waals surface area contributed by atoms with E-state index in [1.807, 2.05) is 19.1 Å². The van der Waals surface area contributed by atoms with Crippen molar-refractivity contribution in [2.45, 2.75) is 25.8 Å². The molecular weight excluding hydrogens is 357 g/mol. The van der Waals surface area contributed by atoms with Crippen LogP contribution in [-0.4, -0.2) is 6.04 Å². The minimum absolute atomic E-state index is 0.0912. The summed E-state index contributed by atoms with van der Waals surface area (Å²) >= 11 is 9.47. The van der Waals surface area contributed by atoms with Gasteiger partial charge in [0.1, 0.15) is 17.3 Å². The summed E-state index contributed by atoms with van der Waals surface area (Å²) in [5.74, 6) is 0.610. The van der Waals surface area contributed by atoms with Crippen LogP contribution in [0.4, 0.5) is 4.39 Å². The van der Waals surface area contributed by atoms with Gasteiger partial charge in [0.25, 0.3) is 0 Å². The standard InChI is InChI=1S/C16H16BrClFNO/c1-2-13(20)5-10-3-4-14(9-16(10)18)21-15-7-11(17)6-12(19)8-15/h3-4,6-9,13H,2,5,20H2,1H3. The van der Waals surface area contributed by atoms with Crippen LogP contribution in [-0.2, 0) is 6.42 Å². The van der Waals surface area contributed by atoms with Crippen LogP contribution in [0.1, 0.15) is 18.9 Å². The van der Waals surface area contributed by atoms with Crippen LogP contribution < -0.4 is 10.5 Å². The van der Waals surface area contributed by atoms with E-state index < -0.39 is 0 Å². The molecule has 0 aliphatic heterocycles. The molecule has 5 heteroatoms. The highest BCUT2D eigenvalue weighted by atomic mass is 79.9. The third-order valence-electron chi connectivity index (χ3n) is 3.10. The first-order valence-corrected chi connectivity index (χ1v) is 7.83. The van der Waals surface area contributed by atoms with Crippen LogP contribution in [0.2, 0.25) is 5.02 Å². The Balaban J connectivity index is 2.16. The normalized spacial score (nSPS) is 12.2. The van der Waals surface area contributed by atoms with Gasteiger partial charge in [0.15, 0.2) is 0 Å². The third kappa shape index (κ3) is 4.70. The number of halogens is 3. The van der Waals surface area contributed by atoms with Gasteiger partial charge in [0.2, 0.25) is 0 Å². The van der Waals surface area contributed by atoms with Crippen molar-refractivity contribution in [3.05, 3.63) is 57.3 Å². The summed E-state index contributed by atoms with van der Waals surface area (Å²) in [5.41, 5.74) is 6.92. The first-order chi connectivity index (χ1) is 9.97. The Kier molecular flexibility index (Phi) is 5.62. The Labute approximate surface area is 137 Å². The van der Waals surface area contributed by atoms with Crippen molar-refractivity contribution < 1.29 is 9.13 Å². The molecule has 21 heavy (non-hydrogen) atoms. The molecule has 0 heterocycles. The maximum Gasteiger partial charge on any atom is 0.131 e. The third-order valence-corrected chi connectivity index (χ3v) is 3.91. The van der Waals surface area contributed by atoms with Crippen molar-refractivity contribution in [1.82, 2.24) is 0 Å². The molecule has 1 unspecified atom stereocenters. The van der Waals surface area contributed by atoms with Crippen LogP contribution >= 0.6 is 27.5 Å². The van der Waals surface area contributed by atoms with Crippen LogP contribution in [0.15, 0.2) is 40.9 Å². The van der Waals surface area contributed by atoms with Gasteiger partial charge in [-0.15, -0.1) is 0 Å². The van der Waals surface area contributed by atoms with Crippen molar-refractivity contribution in [2.75, 3.05) is 0 Å². The second kappa shape index (κ2) is 7.25. The molecule has 2 nitrogen and oxygen atoms in total. The molecule has 112 valence electrons. The molecule has 0 saturated carbocycles. The van der Waals surface area contributed by atoms with Gasteiger partial charge in [-0.2, -0.15) is 0 Å². The van der Waals surface area contributed by atoms with Crippen LogP contribution in [0.5, 0.6) is 11.5 Å². The van der Waals surface area contributed by atoms with E-state index in [1.165, 1.54) is 12.1 Å². The van der Waals surface area contributed by atoms with E-state index in [0.717, 1.165) is 18.4 Å². The summed E-state index contributed by atoms with van der Waals surface area (Å²) in [6, 6.07) is 9.89. The van der Waals surface area contributed by atoms with Gasteiger partial charge in [-0.05, 0) is 42.7 Å². The molecular formula is C16H16BrClFNO. The smallest absolute Gasteiger partial charge is 0.131 e. The van der Waals surface area contributed by atoms with E-state index in [0.29, 0.717) is 21.0 Å². The SMILES string of the molecule is CCC(N)Cc1ccc(Oc2cc(F)cc(Br)c2)cc1Cl. The lowest BCUT2D eigenvalue weighted by Crippen LogP contribution is -2.21. The van der Waals surface area contributed by atoms with Gasteiger partial charge in [-0.3, -0.25) is 0 Å². The molecule has 1 atom stereocenters. The van der Waals surface area contributed by atoms with E-state index in [4.69, 9.17) is 22.1 Å². The van der Waals surface area contributed by atoms with E-state index >= 15 is 0 Å². The molecule has 2 rings (SSSR count). The maximum absolute atomic E-state index is 13.3. The summed E-state index contributed by atoms with van der Waals surface area (Å²) in [4.78, 5) is 0. The summed E-state index contributed by atoms with van der Waals surface area (Å²) in [6.45, 7) is 2.04. The van der Waals surface area contributed by atoms with Gasteiger partial charge in [-0.25, -0.2) is 4.39 Å². The first-order valence-electron chi connectivity index (χ1n) is 6.66. The number of nitrogens with two attached hydrogens (primary N) is 1. The first kappa shape index (κ1) is 16.3. The van der Waals surface area contributed by atoms with E-state index in [9.17, 15) is 4.39 Å². The quantitative estimate of drug-likeness (QED) is 0.771. The Morgan fingerprint density at radius 2 is 2.00 bits per heavy atom. The van der Waals surface area contributed by atoms with Gasteiger partial charge < -0.3 is 10.5 Å². The highest BCUT2D eigenvalue weighted by molar-refractivity contribution is 9.10. The Hall–Kier alpha value is -1.10. The Morgan fingerprint density at radius 1 is 1.24 bits per heavy atom.